The molecule has 0 unspecified atom stereocenters. The standard InChI is InChI=1S/C12H9N5O2/c18-12-14-15-16-17(12)10-7-4-8-13-11(10)19-9-5-2-1-3-6-9/h1-8H,(H,14,16,18). The summed E-state index contributed by atoms with van der Waals surface area (Å²) in [6.07, 6.45) is 1.58. The van der Waals surface area contributed by atoms with Crippen LogP contribution in [0.1, 0.15) is 0 Å². The highest BCUT2D eigenvalue weighted by molar-refractivity contribution is 5.42. The molecule has 0 atom stereocenters. The second kappa shape index (κ2) is 4.73. The zero-order chi connectivity index (χ0) is 13.1. The lowest BCUT2D eigenvalue weighted by Gasteiger charge is -2.07. The monoisotopic (exact) mass is 255 g/mol. The first kappa shape index (κ1) is 11.1. The topological polar surface area (TPSA) is 85.7 Å². The number of ether oxygens (including phenoxy) is 1. The summed E-state index contributed by atoms with van der Waals surface area (Å²) >= 11 is 0. The number of hydrogen-bond acceptors (Lipinski definition) is 5. The maximum absolute atomic E-state index is 11.5. The normalized spacial score (nSPS) is 10.3. The van der Waals surface area contributed by atoms with Crippen LogP contribution in [0.2, 0.25) is 0 Å². The molecule has 0 amide bonds. The maximum atomic E-state index is 11.5. The third kappa shape index (κ3) is 2.21. The van der Waals surface area contributed by atoms with Gasteiger partial charge in [0, 0.05) is 6.20 Å². The van der Waals surface area contributed by atoms with Gasteiger partial charge in [0.15, 0.2) is 0 Å². The van der Waals surface area contributed by atoms with Crippen LogP contribution in [0, 0.1) is 0 Å². The van der Waals surface area contributed by atoms with Gasteiger partial charge in [0.25, 0.3) is 0 Å². The number of hydrogen-bond donors (Lipinski definition) is 1. The number of pyridine rings is 1. The maximum Gasteiger partial charge on any atom is 0.366 e. The molecular weight excluding hydrogens is 246 g/mol. The summed E-state index contributed by atoms with van der Waals surface area (Å²) in [6, 6.07) is 12.5. The molecule has 0 bridgehead atoms. The Hall–Kier alpha value is -2.96. The van der Waals surface area contributed by atoms with Gasteiger partial charge in [-0.1, -0.05) is 18.2 Å². The van der Waals surface area contributed by atoms with E-state index in [-0.39, 0.29) is 5.88 Å². The first-order chi connectivity index (χ1) is 9.34. The van der Waals surface area contributed by atoms with E-state index in [0.717, 1.165) is 4.68 Å². The van der Waals surface area contributed by atoms with E-state index < -0.39 is 5.69 Å². The van der Waals surface area contributed by atoms with Crippen LogP contribution < -0.4 is 10.4 Å². The molecule has 2 aromatic heterocycles. The number of aromatic nitrogens is 5. The first-order valence-electron chi connectivity index (χ1n) is 5.53. The van der Waals surface area contributed by atoms with Crippen LogP contribution in [0.25, 0.3) is 5.69 Å². The van der Waals surface area contributed by atoms with Crippen LogP contribution >= 0.6 is 0 Å². The molecule has 1 aromatic carbocycles. The smallest absolute Gasteiger partial charge is 0.366 e. The average Bonchev–Trinajstić information content (AvgIpc) is 2.87. The quantitative estimate of drug-likeness (QED) is 0.758. The molecule has 94 valence electrons. The molecule has 3 rings (SSSR count). The number of tetrazole rings is 1. The van der Waals surface area contributed by atoms with E-state index in [2.05, 4.69) is 20.5 Å². The van der Waals surface area contributed by atoms with Crippen molar-refractivity contribution in [1.29, 1.82) is 0 Å². The minimum absolute atomic E-state index is 0.282. The van der Waals surface area contributed by atoms with Crippen LogP contribution in [-0.2, 0) is 0 Å². The Balaban J connectivity index is 2.04. The third-order valence-electron chi connectivity index (χ3n) is 2.41. The molecular formula is C12H9N5O2. The average molecular weight is 255 g/mol. The van der Waals surface area contributed by atoms with Crippen molar-refractivity contribution in [3.05, 3.63) is 59.1 Å². The van der Waals surface area contributed by atoms with Crippen molar-refractivity contribution in [1.82, 2.24) is 25.2 Å². The van der Waals surface area contributed by atoms with Gasteiger partial charge in [-0.2, -0.15) is 4.68 Å². The molecule has 0 spiro atoms. The molecule has 0 aliphatic heterocycles. The van der Waals surface area contributed by atoms with E-state index in [0.29, 0.717) is 11.4 Å². The fourth-order valence-corrected chi connectivity index (χ4v) is 1.58. The molecule has 7 nitrogen and oxygen atoms in total. The van der Waals surface area contributed by atoms with Gasteiger partial charge in [0.2, 0.25) is 5.88 Å². The second-order valence-electron chi connectivity index (χ2n) is 3.66. The lowest BCUT2D eigenvalue weighted by molar-refractivity contribution is 0.457. The molecule has 3 aromatic rings. The van der Waals surface area contributed by atoms with Gasteiger partial charge < -0.3 is 4.74 Å². The largest absolute Gasteiger partial charge is 0.437 e. The number of nitrogens with one attached hydrogen (secondary N) is 1. The SMILES string of the molecule is O=c1[nH]nnn1-c1cccnc1Oc1ccccc1. The van der Waals surface area contributed by atoms with Crippen molar-refractivity contribution in [3.63, 3.8) is 0 Å². The van der Waals surface area contributed by atoms with Gasteiger partial charge in [-0.3, -0.25) is 0 Å². The van der Waals surface area contributed by atoms with Gasteiger partial charge in [0.1, 0.15) is 11.4 Å². The van der Waals surface area contributed by atoms with E-state index >= 15 is 0 Å². The van der Waals surface area contributed by atoms with E-state index in [1.807, 2.05) is 18.2 Å². The fourth-order valence-electron chi connectivity index (χ4n) is 1.58. The van der Waals surface area contributed by atoms with Crippen molar-refractivity contribution < 1.29 is 4.74 Å². The van der Waals surface area contributed by atoms with E-state index in [9.17, 15) is 4.79 Å². The molecule has 0 saturated heterocycles. The van der Waals surface area contributed by atoms with Crippen molar-refractivity contribution in [3.8, 4) is 17.3 Å². The molecule has 0 fully saturated rings. The van der Waals surface area contributed by atoms with Crippen LogP contribution in [0.4, 0.5) is 0 Å². The lowest BCUT2D eigenvalue weighted by Crippen LogP contribution is -2.17. The molecule has 0 radical (unpaired) electrons. The zero-order valence-corrected chi connectivity index (χ0v) is 9.72. The summed E-state index contributed by atoms with van der Waals surface area (Å²) in [5.41, 5.74) is -0.0315. The summed E-state index contributed by atoms with van der Waals surface area (Å²) in [6.45, 7) is 0. The predicted molar refractivity (Wildman–Crippen MR) is 66.3 cm³/mol. The van der Waals surface area contributed by atoms with Crippen molar-refractivity contribution in [2.24, 2.45) is 0 Å². The van der Waals surface area contributed by atoms with E-state index in [1.165, 1.54) is 0 Å². The summed E-state index contributed by atoms with van der Waals surface area (Å²) in [4.78, 5) is 15.6. The number of rotatable bonds is 3. The number of nitrogens with zero attached hydrogens (tertiary/aromatic N) is 4. The number of benzene rings is 1. The highest BCUT2D eigenvalue weighted by Crippen LogP contribution is 2.23. The first-order valence-corrected chi connectivity index (χ1v) is 5.53. The lowest BCUT2D eigenvalue weighted by atomic mass is 10.3. The zero-order valence-electron chi connectivity index (χ0n) is 9.72. The molecule has 19 heavy (non-hydrogen) atoms. The molecule has 0 aliphatic rings. The van der Waals surface area contributed by atoms with E-state index in [4.69, 9.17) is 4.74 Å². The number of para-hydroxylation sites is 1. The van der Waals surface area contributed by atoms with Gasteiger partial charge in [-0.25, -0.2) is 14.9 Å². The van der Waals surface area contributed by atoms with Gasteiger partial charge in [0.05, 0.1) is 0 Å². The van der Waals surface area contributed by atoms with Crippen molar-refractivity contribution >= 4 is 0 Å². The Bertz CT molecular complexity index is 735. The Morgan fingerprint density at radius 3 is 2.68 bits per heavy atom. The minimum Gasteiger partial charge on any atom is -0.437 e. The summed E-state index contributed by atoms with van der Waals surface area (Å²) in [7, 11) is 0. The Kier molecular flexibility index (Phi) is 2.77. The van der Waals surface area contributed by atoms with Crippen LogP contribution in [0.5, 0.6) is 11.6 Å². The highest BCUT2D eigenvalue weighted by Gasteiger charge is 2.11. The van der Waals surface area contributed by atoms with Crippen LogP contribution in [0.15, 0.2) is 53.5 Å². The van der Waals surface area contributed by atoms with E-state index in [1.54, 1.807) is 30.5 Å². The Labute approximate surface area is 107 Å². The Morgan fingerprint density at radius 2 is 1.95 bits per heavy atom. The predicted octanol–water partition coefficient (Wildman–Crippen LogP) is 1.14. The summed E-state index contributed by atoms with van der Waals surface area (Å²) in [5.74, 6) is 0.906. The fraction of sp³-hybridized carbons (Fsp3) is 0. The van der Waals surface area contributed by atoms with Crippen LogP contribution in [0.3, 0.4) is 0 Å². The Morgan fingerprint density at radius 1 is 1.11 bits per heavy atom. The number of aromatic amines is 1. The third-order valence-corrected chi connectivity index (χ3v) is 2.41. The van der Waals surface area contributed by atoms with Gasteiger partial charge in [-0.05, 0) is 34.7 Å². The second-order valence-corrected chi connectivity index (χ2v) is 3.66. The number of H-pyrrole nitrogens is 1. The van der Waals surface area contributed by atoms with Crippen LogP contribution in [-0.4, -0.2) is 25.2 Å². The molecule has 7 heteroatoms. The molecule has 2 heterocycles. The van der Waals surface area contributed by atoms with Crippen molar-refractivity contribution in [2.45, 2.75) is 0 Å². The van der Waals surface area contributed by atoms with Crippen molar-refractivity contribution in [2.75, 3.05) is 0 Å². The summed E-state index contributed by atoms with van der Waals surface area (Å²) < 4.78 is 6.72. The molecule has 0 aliphatic carbocycles. The highest BCUT2D eigenvalue weighted by atomic mass is 16.5. The minimum atomic E-state index is -0.453. The summed E-state index contributed by atoms with van der Waals surface area (Å²) in [5, 5.41) is 9.33. The van der Waals surface area contributed by atoms with Gasteiger partial charge in [-0.15, -0.1) is 0 Å². The molecule has 1 N–H and O–H groups in total. The van der Waals surface area contributed by atoms with Gasteiger partial charge >= 0.3 is 5.69 Å². The molecule has 0 saturated carbocycles.